The van der Waals surface area contributed by atoms with Crippen LogP contribution in [0.3, 0.4) is 0 Å². The van der Waals surface area contributed by atoms with Crippen LogP contribution >= 0.6 is 22.7 Å². The first-order valence-corrected chi connectivity index (χ1v) is 11.7. The number of halogens is 1. The van der Waals surface area contributed by atoms with E-state index >= 15 is 0 Å². The van der Waals surface area contributed by atoms with Crippen LogP contribution < -0.4 is 5.56 Å². The third kappa shape index (κ3) is 3.71. The van der Waals surface area contributed by atoms with Gasteiger partial charge in [-0.2, -0.15) is 0 Å². The minimum Gasteiger partial charge on any atom is -0.297 e. The van der Waals surface area contributed by atoms with E-state index in [1.54, 1.807) is 45.7 Å². The van der Waals surface area contributed by atoms with Crippen LogP contribution in [0, 0.1) is 5.82 Å². The van der Waals surface area contributed by atoms with E-state index in [0.29, 0.717) is 12.6 Å². The summed E-state index contributed by atoms with van der Waals surface area (Å²) in [5.74, 6) is -0.277. The highest BCUT2D eigenvalue weighted by molar-refractivity contribution is 7.18. The summed E-state index contributed by atoms with van der Waals surface area (Å²) in [5.41, 5.74) is 5.02. The summed E-state index contributed by atoms with van der Waals surface area (Å²) in [5, 5.41) is 2.86. The van der Waals surface area contributed by atoms with Crippen LogP contribution in [0.25, 0.3) is 10.2 Å². The van der Waals surface area contributed by atoms with Crippen molar-refractivity contribution in [2.24, 2.45) is 0 Å². The maximum Gasteiger partial charge on any atom is 0.262 e. The number of nitrogens with zero attached hydrogens (tertiary/aromatic N) is 4. The maximum atomic E-state index is 13.2. The van der Waals surface area contributed by atoms with Crippen LogP contribution in [0.1, 0.15) is 28.1 Å². The van der Waals surface area contributed by atoms with E-state index in [2.05, 4.69) is 27.3 Å². The molecule has 3 heterocycles. The van der Waals surface area contributed by atoms with Gasteiger partial charge < -0.3 is 0 Å². The Kier molecular flexibility index (Phi) is 5.22. The molecular weight excluding hydrogens is 419 g/mol. The lowest BCUT2D eigenvalue weighted by molar-refractivity contribution is 0.213. The number of aryl methyl sites for hydroxylation is 1. The van der Waals surface area contributed by atoms with Gasteiger partial charge in [0.1, 0.15) is 10.6 Å². The van der Waals surface area contributed by atoms with Gasteiger partial charge in [0.25, 0.3) is 5.56 Å². The summed E-state index contributed by atoms with van der Waals surface area (Å²) in [6.07, 6.45) is 4.46. The Balaban J connectivity index is 1.41. The first-order chi connectivity index (χ1) is 14.6. The smallest absolute Gasteiger partial charge is 0.262 e. The molecule has 1 atom stereocenters. The fourth-order valence-electron chi connectivity index (χ4n) is 4.16. The highest BCUT2D eigenvalue weighted by Crippen LogP contribution is 2.35. The van der Waals surface area contributed by atoms with Crippen molar-refractivity contribution in [2.45, 2.75) is 38.4 Å². The summed E-state index contributed by atoms with van der Waals surface area (Å²) in [7, 11) is 2.15. The molecule has 1 aliphatic rings. The summed E-state index contributed by atoms with van der Waals surface area (Å²) < 4.78 is 14.8. The molecule has 5 rings (SSSR count). The minimum atomic E-state index is -0.277. The molecule has 1 aliphatic carbocycles. The quantitative estimate of drug-likeness (QED) is 0.469. The number of rotatable bonds is 5. The Morgan fingerprint density at radius 1 is 1.27 bits per heavy atom. The van der Waals surface area contributed by atoms with Crippen molar-refractivity contribution >= 4 is 32.9 Å². The molecule has 0 N–H and O–H groups in total. The summed E-state index contributed by atoms with van der Waals surface area (Å²) in [6.45, 7) is 1.24. The summed E-state index contributed by atoms with van der Waals surface area (Å²) >= 11 is 3.27. The molecule has 8 heteroatoms. The number of hydrogen-bond donors (Lipinski definition) is 0. The average molecular weight is 441 g/mol. The lowest BCUT2D eigenvalue weighted by atomic mass is 9.92. The molecule has 0 bridgehead atoms. The highest BCUT2D eigenvalue weighted by atomic mass is 32.1. The SMILES string of the molecule is CN(Cc1cscn1)C1CCc2c(sc3ncn(Cc4ccc(F)cc4)c(=O)c23)C1. The zero-order chi connectivity index (χ0) is 20.7. The second-order valence-electron chi connectivity index (χ2n) is 7.78. The van der Waals surface area contributed by atoms with E-state index in [0.717, 1.165) is 47.3 Å². The van der Waals surface area contributed by atoms with Crippen LogP contribution in [-0.4, -0.2) is 32.5 Å². The third-order valence-electron chi connectivity index (χ3n) is 5.79. The van der Waals surface area contributed by atoms with Gasteiger partial charge in [0.05, 0.1) is 29.5 Å². The lowest BCUT2D eigenvalue weighted by Gasteiger charge is -2.30. The van der Waals surface area contributed by atoms with Gasteiger partial charge >= 0.3 is 0 Å². The van der Waals surface area contributed by atoms with Crippen molar-refractivity contribution in [3.8, 4) is 0 Å². The Bertz CT molecular complexity index is 1230. The van der Waals surface area contributed by atoms with Crippen LogP contribution in [0.2, 0.25) is 0 Å². The molecule has 0 spiro atoms. The van der Waals surface area contributed by atoms with E-state index < -0.39 is 0 Å². The van der Waals surface area contributed by atoms with E-state index in [1.165, 1.54) is 22.6 Å². The average Bonchev–Trinajstić information content (AvgIpc) is 3.38. The van der Waals surface area contributed by atoms with Gasteiger partial charge in [-0.25, -0.2) is 14.4 Å². The van der Waals surface area contributed by atoms with Gasteiger partial charge in [-0.3, -0.25) is 14.3 Å². The van der Waals surface area contributed by atoms with Crippen molar-refractivity contribution in [3.05, 3.63) is 79.4 Å². The molecule has 5 nitrogen and oxygen atoms in total. The molecule has 3 aromatic heterocycles. The Morgan fingerprint density at radius 2 is 2.10 bits per heavy atom. The molecular formula is C22H21FN4OS2. The number of thiophene rings is 1. The van der Waals surface area contributed by atoms with E-state index in [1.807, 2.05) is 5.51 Å². The highest BCUT2D eigenvalue weighted by Gasteiger charge is 2.27. The predicted molar refractivity (Wildman–Crippen MR) is 119 cm³/mol. The molecule has 0 aliphatic heterocycles. The second kappa shape index (κ2) is 8.02. The number of likely N-dealkylation sites (N-methyl/N-ethyl adjacent to an activating group) is 1. The molecule has 0 amide bonds. The van der Waals surface area contributed by atoms with E-state index in [-0.39, 0.29) is 11.4 Å². The maximum absolute atomic E-state index is 13.2. The number of thiazole rings is 1. The molecule has 0 radical (unpaired) electrons. The van der Waals surface area contributed by atoms with Gasteiger partial charge in [0.15, 0.2) is 0 Å². The molecule has 154 valence electrons. The first kappa shape index (κ1) is 19.5. The van der Waals surface area contributed by atoms with Gasteiger partial charge in [0, 0.05) is 22.8 Å². The van der Waals surface area contributed by atoms with Crippen LogP contribution in [-0.2, 0) is 25.9 Å². The molecule has 0 saturated carbocycles. The minimum absolute atomic E-state index is 0.00361. The summed E-state index contributed by atoms with van der Waals surface area (Å²) in [4.78, 5) is 26.6. The third-order valence-corrected chi connectivity index (χ3v) is 7.59. The first-order valence-electron chi connectivity index (χ1n) is 9.90. The lowest BCUT2D eigenvalue weighted by Crippen LogP contribution is -2.35. The Labute approximate surface area is 181 Å². The summed E-state index contributed by atoms with van der Waals surface area (Å²) in [6, 6.07) is 6.69. The topological polar surface area (TPSA) is 51.0 Å². The number of hydrogen-bond acceptors (Lipinski definition) is 6. The molecule has 0 fully saturated rings. The monoisotopic (exact) mass is 440 g/mol. The molecule has 30 heavy (non-hydrogen) atoms. The normalized spacial score (nSPS) is 16.3. The largest absolute Gasteiger partial charge is 0.297 e. The fraction of sp³-hybridized carbons (Fsp3) is 0.318. The van der Waals surface area contributed by atoms with Gasteiger partial charge in [-0.1, -0.05) is 12.1 Å². The van der Waals surface area contributed by atoms with Gasteiger partial charge in [-0.05, 0) is 49.6 Å². The van der Waals surface area contributed by atoms with Crippen molar-refractivity contribution < 1.29 is 4.39 Å². The number of aromatic nitrogens is 3. The zero-order valence-corrected chi connectivity index (χ0v) is 18.2. The van der Waals surface area contributed by atoms with Crippen molar-refractivity contribution in [1.82, 2.24) is 19.4 Å². The number of benzene rings is 1. The van der Waals surface area contributed by atoms with E-state index in [9.17, 15) is 9.18 Å². The predicted octanol–water partition coefficient (Wildman–Crippen LogP) is 4.09. The van der Waals surface area contributed by atoms with Crippen LogP contribution in [0.5, 0.6) is 0 Å². The van der Waals surface area contributed by atoms with Gasteiger partial charge in [-0.15, -0.1) is 22.7 Å². The molecule has 4 aromatic rings. The standard InChI is InChI=1S/C22H21FN4OS2/c1-26(10-16-11-29-13-25-16)17-6-7-18-19(8-17)30-21-20(18)22(28)27(12-24-21)9-14-2-4-15(23)5-3-14/h2-5,11-13,17H,6-10H2,1H3. The Hall–Kier alpha value is -2.42. The van der Waals surface area contributed by atoms with Crippen molar-refractivity contribution in [3.63, 3.8) is 0 Å². The van der Waals surface area contributed by atoms with E-state index in [4.69, 9.17) is 0 Å². The van der Waals surface area contributed by atoms with Gasteiger partial charge in [0.2, 0.25) is 0 Å². The molecule has 1 aromatic carbocycles. The van der Waals surface area contributed by atoms with Crippen molar-refractivity contribution in [1.29, 1.82) is 0 Å². The van der Waals surface area contributed by atoms with Crippen molar-refractivity contribution in [2.75, 3.05) is 7.05 Å². The fourth-order valence-corrected chi connectivity index (χ4v) is 5.96. The Morgan fingerprint density at radius 3 is 2.87 bits per heavy atom. The van der Waals surface area contributed by atoms with Crippen LogP contribution in [0.4, 0.5) is 4.39 Å². The van der Waals surface area contributed by atoms with Crippen LogP contribution in [0.15, 0.2) is 46.3 Å². The molecule has 1 unspecified atom stereocenters. The molecule has 0 saturated heterocycles. The number of fused-ring (bicyclic) bond motifs is 3. The second-order valence-corrected chi connectivity index (χ2v) is 9.58. The zero-order valence-electron chi connectivity index (χ0n) is 16.5.